The molecule has 0 saturated heterocycles. The van der Waals surface area contributed by atoms with E-state index in [9.17, 15) is 9.59 Å². The van der Waals surface area contributed by atoms with Gasteiger partial charge in [-0.25, -0.2) is 4.98 Å². The van der Waals surface area contributed by atoms with Crippen LogP contribution in [0.25, 0.3) is 10.2 Å². The Kier molecular flexibility index (Phi) is 6.20. The number of thioether (sulfide) groups is 1. The van der Waals surface area contributed by atoms with Crippen LogP contribution >= 0.6 is 23.1 Å². The number of ether oxygens (including phenoxy) is 1. The fraction of sp³-hybridized carbons (Fsp3) is 0.381. The largest absolute Gasteiger partial charge is 0.492 e. The molecule has 1 aromatic carbocycles. The maximum Gasteiger partial charge on any atom is 0.259 e. The number of aryl methyl sites for hydroxylation is 2. The van der Waals surface area contributed by atoms with E-state index in [4.69, 9.17) is 4.74 Å². The summed E-state index contributed by atoms with van der Waals surface area (Å²) in [7, 11) is 1.77. The minimum Gasteiger partial charge on any atom is -0.492 e. The normalized spacial score (nSPS) is 12.9. The van der Waals surface area contributed by atoms with Crippen LogP contribution in [-0.4, -0.2) is 46.7 Å². The van der Waals surface area contributed by atoms with Gasteiger partial charge in [0.2, 0.25) is 5.91 Å². The van der Waals surface area contributed by atoms with Gasteiger partial charge < -0.3 is 14.6 Å². The lowest BCUT2D eigenvalue weighted by Gasteiger charge is -2.17. The molecule has 1 N–H and O–H groups in total. The second-order valence-corrected chi connectivity index (χ2v) is 9.09. The molecule has 1 aliphatic rings. The van der Waals surface area contributed by atoms with E-state index < -0.39 is 0 Å². The van der Waals surface area contributed by atoms with E-state index in [1.54, 1.807) is 23.3 Å². The van der Waals surface area contributed by atoms with Crippen LogP contribution in [0.3, 0.4) is 0 Å². The third-order valence-electron chi connectivity index (χ3n) is 4.95. The lowest BCUT2D eigenvalue weighted by Crippen LogP contribution is -2.32. The molecule has 152 valence electrons. The van der Waals surface area contributed by atoms with Gasteiger partial charge in [0.25, 0.3) is 5.56 Å². The van der Waals surface area contributed by atoms with Crippen LogP contribution in [0, 0.1) is 0 Å². The monoisotopic (exact) mass is 429 g/mol. The maximum atomic E-state index is 12.5. The minimum atomic E-state index is -0.0495. The summed E-state index contributed by atoms with van der Waals surface area (Å²) < 4.78 is 5.63. The standard InChI is InChI=1S/C21H23N3O3S2/c1-24(10-11-27-14-6-3-2-4-7-14)18(25)13-28-12-17-22-20(26)19-15-8-5-9-16(15)29-21(19)23-17/h2-4,6-7H,5,8-13H2,1H3,(H,22,23,26). The summed E-state index contributed by atoms with van der Waals surface area (Å²) in [6.45, 7) is 0.974. The summed E-state index contributed by atoms with van der Waals surface area (Å²) in [5, 5.41) is 0.769. The van der Waals surface area contributed by atoms with Crippen LogP contribution < -0.4 is 10.3 Å². The third-order valence-corrected chi connectivity index (χ3v) is 7.07. The van der Waals surface area contributed by atoms with Crippen LogP contribution in [0.5, 0.6) is 5.75 Å². The number of hydrogen-bond acceptors (Lipinski definition) is 6. The van der Waals surface area contributed by atoms with Crippen molar-refractivity contribution in [2.24, 2.45) is 0 Å². The zero-order valence-electron chi connectivity index (χ0n) is 16.3. The second-order valence-electron chi connectivity index (χ2n) is 7.02. The summed E-state index contributed by atoms with van der Waals surface area (Å²) in [6.07, 6.45) is 3.15. The third kappa shape index (κ3) is 4.64. The average molecular weight is 430 g/mol. The lowest BCUT2D eigenvalue weighted by molar-refractivity contribution is -0.127. The second kappa shape index (κ2) is 9.00. The number of H-pyrrole nitrogens is 1. The highest BCUT2D eigenvalue weighted by Crippen LogP contribution is 2.34. The predicted octanol–water partition coefficient (Wildman–Crippen LogP) is 3.24. The number of fused-ring (bicyclic) bond motifs is 3. The van der Waals surface area contributed by atoms with Gasteiger partial charge >= 0.3 is 0 Å². The van der Waals surface area contributed by atoms with Gasteiger partial charge in [-0.05, 0) is 37.0 Å². The minimum absolute atomic E-state index is 0.0326. The van der Waals surface area contributed by atoms with E-state index in [2.05, 4.69) is 9.97 Å². The number of rotatable bonds is 8. The number of amides is 1. The Hall–Kier alpha value is -2.32. The number of likely N-dealkylation sites (N-methyl/N-ethyl adjacent to an activating group) is 1. The van der Waals surface area contributed by atoms with Gasteiger partial charge in [-0.1, -0.05) is 18.2 Å². The topological polar surface area (TPSA) is 75.3 Å². The van der Waals surface area contributed by atoms with E-state index in [0.717, 1.165) is 35.2 Å². The lowest BCUT2D eigenvalue weighted by atomic mass is 10.2. The van der Waals surface area contributed by atoms with Crippen molar-refractivity contribution in [3.8, 4) is 5.75 Å². The Morgan fingerprint density at radius 2 is 2.14 bits per heavy atom. The van der Waals surface area contributed by atoms with Gasteiger partial charge in [0.1, 0.15) is 23.0 Å². The number of carbonyl (C=O) groups is 1. The van der Waals surface area contributed by atoms with Gasteiger partial charge in [0.15, 0.2) is 0 Å². The van der Waals surface area contributed by atoms with E-state index in [0.29, 0.717) is 30.5 Å². The first kappa shape index (κ1) is 20.0. The molecule has 0 saturated carbocycles. The molecule has 1 amide bonds. The van der Waals surface area contributed by atoms with Gasteiger partial charge in [-0.15, -0.1) is 23.1 Å². The number of nitrogens with one attached hydrogen (secondary N) is 1. The zero-order chi connectivity index (χ0) is 20.2. The molecular formula is C21H23N3O3S2. The van der Waals surface area contributed by atoms with Crippen LogP contribution in [0.4, 0.5) is 0 Å². The highest BCUT2D eigenvalue weighted by atomic mass is 32.2. The molecule has 0 atom stereocenters. The van der Waals surface area contributed by atoms with E-state index in [1.807, 2.05) is 30.3 Å². The molecule has 2 heterocycles. The van der Waals surface area contributed by atoms with Crippen molar-refractivity contribution in [1.29, 1.82) is 0 Å². The van der Waals surface area contributed by atoms with E-state index >= 15 is 0 Å². The summed E-state index contributed by atoms with van der Waals surface area (Å²) in [4.78, 5) is 36.1. The van der Waals surface area contributed by atoms with Crippen molar-refractivity contribution in [3.05, 3.63) is 57.0 Å². The molecule has 0 fully saturated rings. The molecule has 4 rings (SSSR count). The van der Waals surface area contributed by atoms with E-state index in [-0.39, 0.29) is 11.5 Å². The zero-order valence-corrected chi connectivity index (χ0v) is 17.9. The smallest absolute Gasteiger partial charge is 0.259 e. The number of para-hydroxylation sites is 1. The Bertz CT molecular complexity index is 1060. The van der Waals surface area contributed by atoms with Crippen molar-refractivity contribution >= 4 is 39.2 Å². The van der Waals surface area contributed by atoms with Gasteiger partial charge in [0, 0.05) is 11.9 Å². The summed E-state index contributed by atoms with van der Waals surface area (Å²) in [5.74, 6) is 2.31. The molecule has 0 unspecified atom stereocenters. The van der Waals surface area contributed by atoms with Crippen LogP contribution in [0.2, 0.25) is 0 Å². The highest BCUT2D eigenvalue weighted by molar-refractivity contribution is 7.99. The first-order valence-corrected chi connectivity index (χ1v) is 11.6. The maximum absolute atomic E-state index is 12.5. The van der Waals surface area contributed by atoms with Crippen LogP contribution in [0.1, 0.15) is 22.7 Å². The quantitative estimate of drug-likeness (QED) is 0.595. The van der Waals surface area contributed by atoms with Crippen molar-refractivity contribution in [1.82, 2.24) is 14.9 Å². The predicted molar refractivity (Wildman–Crippen MR) is 118 cm³/mol. The first-order valence-electron chi connectivity index (χ1n) is 9.65. The number of nitrogens with zero attached hydrogens (tertiary/aromatic N) is 2. The van der Waals surface area contributed by atoms with Gasteiger partial charge in [-0.3, -0.25) is 9.59 Å². The number of carbonyl (C=O) groups excluding carboxylic acids is 1. The number of benzene rings is 1. The Morgan fingerprint density at radius 3 is 2.97 bits per heavy atom. The molecule has 6 nitrogen and oxygen atoms in total. The first-order chi connectivity index (χ1) is 14.1. The number of aromatic amines is 1. The highest BCUT2D eigenvalue weighted by Gasteiger charge is 2.21. The molecule has 3 aromatic rings. The molecule has 0 bridgehead atoms. The summed E-state index contributed by atoms with van der Waals surface area (Å²) >= 11 is 3.10. The molecule has 0 spiro atoms. The van der Waals surface area contributed by atoms with E-state index in [1.165, 1.54) is 22.2 Å². The average Bonchev–Trinajstić information content (AvgIpc) is 3.29. The molecule has 0 aliphatic heterocycles. The molecule has 8 heteroatoms. The van der Waals surface area contributed by atoms with Gasteiger partial charge in [0.05, 0.1) is 23.4 Å². The number of aromatic nitrogens is 2. The van der Waals surface area contributed by atoms with Crippen molar-refractivity contribution in [2.75, 3.05) is 26.0 Å². The molecule has 0 radical (unpaired) electrons. The summed E-state index contributed by atoms with van der Waals surface area (Å²) in [6, 6.07) is 9.56. The molecule has 29 heavy (non-hydrogen) atoms. The molecule has 2 aromatic heterocycles. The van der Waals surface area contributed by atoms with Gasteiger partial charge in [-0.2, -0.15) is 0 Å². The fourth-order valence-corrected chi connectivity index (χ4v) is 5.51. The fourth-order valence-electron chi connectivity index (χ4n) is 3.40. The number of hydrogen-bond donors (Lipinski definition) is 1. The summed E-state index contributed by atoms with van der Waals surface area (Å²) in [5.41, 5.74) is 1.14. The Balaban J connectivity index is 1.26. The molecule has 1 aliphatic carbocycles. The number of thiophene rings is 1. The van der Waals surface area contributed by atoms with Crippen molar-refractivity contribution in [2.45, 2.75) is 25.0 Å². The molecular weight excluding hydrogens is 406 g/mol. The van der Waals surface area contributed by atoms with Crippen LogP contribution in [-0.2, 0) is 23.4 Å². The van der Waals surface area contributed by atoms with Crippen molar-refractivity contribution in [3.63, 3.8) is 0 Å². The van der Waals surface area contributed by atoms with Crippen molar-refractivity contribution < 1.29 is 9.53 Å². The Labute approximate surface area is 177 Å². The van der Waals surface area contributed by atoms with Crippen LogP contribution in [0.15, 0.2) is 35.1 Å². The Morgan fingerprint density at radius 1 is 1.31 bits per heavy atom. The SMILES string of the molecule is CN(CCOc1ccccc1)C(=O)CSCc1nc2sc3c(c2c(=O)[nH]1)CCC3.